The molecule has 3 aromatic rings. The molecule has 0 aromatic heterocycles. The normalized spacial score (nSPS) is 19.6. The molecular formula is C26H21Si+. The van der Waals surface area contributed by atoms with E-state index in [1.165, 1.54) is 27.1 Å². The molecule has 0 spiro atoms. The molecule has 1 heterocycles. The van der Waals surface area contributed by atoms with Crippen LogP contribution in [0.3, 0.4) is 0 Å². The van der Waals surface area contributed by atoms with E-state index in [2.05, 4.69) is 115 Å². The first-order valence-corrected chi connectivity index (χ1v) is 11.8. The monoisotopic (exact) mass is 361 g/mol. The van der Waals surface area contributed by atoms with Crippen LogP contribution in [0.4, 0.5) is 0 Å². The fourth-order valence-corrected chi connectivity index (χ4v) is 10.5. The summed E-state index contributed by atoms with van der Waals surface area (Å²) in [5.74, 6) is 0. The lowest BCUT2D eigenvalue weighted by atomic mass is 9.97. The summed E-state index contributed by atoms with van der Waals surface area (Å²) in [7, 11) is -2.08. The molecule has 0 N–H and O–H groups in total. The molecule has 0 nitrogen and oxygen atoms in total. The summed E-state index contributed by atoms with van der Waals surface area (Å²) in [4.78, 5) is 0. The Bertz CT molecular complexity index is 988. The van der Waals surface area contributed by atoms with Gasteiger partial charge in [0, 0.05) is 12.1 Å². The van der Waals surface area contributed by atoms with E-state index in [9.17, 15) is 0 Å². The average molecular weight is 362 g/mol. The van der Waals surface area contributed by atoms with Crippen LogP contribution in [0.2, 0.25) is 6.04 Å². The Morgan fingerprint density at radius 3 is 1.85 bits per heavy atom. The highest BCUT2D eigenvalue weighted by molar-refractivity contribution is 7.04. The van der Waals surface area contributed by atoms with Crippen molar-refractivity contribution in [1.29, 1.82) is 0 Å². The van der Waals surface area contributed by atoms with Gasteiger partial charge in [0.25, 0.3) is 0 Å². The van der Waals surface area contributed by atoms with Crippen molar-refractivity contribution in [1.82, 2.24) is 0 Å². The number of allylic oxidation sites excluding steroid dienone is 6. The minimum Gasteiger partial charge on any atom is -0.0625 e. The van der Waals surface area contributed by atoms with E-state index in [0.29, 0.717) is 5.54 Å². The fourth-order valence-electron chi connectivity index (χ4n) is 4.86. The van der Waals surface area contributed by atoms with Gasteiger partial charge in [-0.1, -0.05) is 101 Å². The largest absolute Gasteiger partial charge is 0.150 e. The number of benzene rings is 3. The van der Waals surface area contributed by atoms with Crippen molar-refractivity contribution >= 4 is 18.4 Å². The van der Waals surface area contributed by atoms with Gasteiger partial charge in [0.2, 0.25) is 0 Å². The predicted molar refractivity (Wildman–Crippen MR) is 116 cm³/mol. The second kappa shape index (κ2) is 6.63. The van der Waals surface area contributed by atoms with Crippen LogP contribution in [0.5, 0.6) is 0 Å². The quantitative estimate of drug-likeness (QED) is 0.464. The summed E-state index contributed by atoms with van der Waals surface area (Å²) in [5.41, 5.74) is 4.79. The van der Waals surface area contributed by atoms with Crippen molar-refractivity contribution in [3.63, 3.8) is 0 Å². The van der Waals surface area contributed by atoms with Crippen LogP contribution >= 0.6 is 0 Å². The lowest BCUT2D eigenvalue weighted by Gasteiger charge is -2.34. The van der Waals surface area contributed by atoms with Crippen molar-refractivity contribution in [3.05, 3.63) is 132 Å². The summed E-state index contributed by atoms with van der Waals surface area (Å²) < 4.78 is 0. The molecular weight excluding hydrogens is 340 g/mol. The topological polar surface area (TPSA) is 0 Å². The Labute approximate surface area is 162 Å². The zero-order valence-corrected chi connectivity index (χ0v) is 16.2. The lowest BCUT2D eigenvalue weighted by molar-refractivity contribution is 1.11. The summed E-state index contributed by atoms with van der Waals surface area (Å²) in [6.45, 7) is 0. The third kappa shape index (κ3) is 2.56. The maximum absolute atomic E-state index is 3.36. The molecule has 1 unspecified atom stereocenters. The molecule has 0 amide bonds. The van der Waals surface area contributed by atoms with Crippen LogP contribution in [-0.4, -0.2) is 8.07 Å². The van der Waals surface area contributed by atoms with Gasteiger partial charge < -0.3 is 0 Å². The van der Waals surface area contributed by atoms with Gasteiger partial charge in [-0.25, -0.2) is 0 Å². The van der Waals surface area contributed by atoms with Gasteiger partial charge in [0.05, 0.1) is 22.8 Å². The molecule has 1 heteroatoms. The van der Waals surface area contributed by atoms with Crippen molar-refractivity contribution in [2.45, 2.75) is 11.6 Å². The molecule has 1 aliphatic carbocycles. The third-order valence-corrected chi connectivity index (χ3v) is 11.3. The maximum Gasteiger partial charge on any atom is 0.150 e. The smallest absolute Gasteiger partial charge is 0.0625 e. The molecule has 0 saturated carbocycles. The highest BCUT2D eigenvalue weighted by Crippen LogP contribution is 2.47. The molecule has 0 bridgehead atoms. The van der Waals surface area contributed by atoms with Gasteiger partial charge in [-0.05, 0) is 5.56 Å². The molecule has 0 saturated heterocycles. The van der Waals surface area contributed by atoms with Crippen LogP contribution in [0.25, 0.3) is 0 Å². The first kappa shape index (κ1) is 16.2. The Kier molecular flexibility index (Phi) is 3.98. The van der Waals surface area contributed by atoms with Crippen molar-refractivity contribution in [2.24, 2.45) is 0 Å². The molecule has 27 heavy (non-hydrogen) atoms. The number of hydrogen-bond acceptors (Lipinski definition) is 0. The molecule has 2 aliphatic rings. The third-order valence-electron chi connectivity index (χ3n) is 5.97. The van der Waals surface area contributed by atoms with Crippen molar-refractivity contribution in [3.8, 4) is 0 Å². The molecule has 5 rings (SSSR count). The van der Waals surface area contributed by atoms with Crippen molar-refractivity contribution < 1.29 is 0 Å². The van der Waals surface area contributed by atoms with E-state index in [0.717, 1.165) is 6.04 Å². The van der Waals surface area contributed by atoms with Gasteiger partial charge in [0.15, 0.2) is 8.07 Å². The van der Waals surface area contributed by atoms with Gasteiger partial charge >= 0.3 is 0 Å². The summed E-state index contributed by atoms with van der Waals surface area (Å²) >= 11 is 0. The van der Waals surface area contributed by atoms with Crippen LogP contribution in [0.15, 0.2) is 120 Å². The molecule has 0 fully saturated rings. The number of rotatable bonds is 3. The van der Waals surface area contributed by atoms with Crippen LogP contribution in [0, 0.1) is 6.08 Å². The number of hydrogen-bond donors (Lipinski definition) is 0. The van der Waals surface area contributed by atoms with E-state index >= 15 is 0 Å². The van der Waals surface area contributed by atoms with E-state index in [-0.39, 0.29) is 0 Å². The maximum atomic E-state index is 3.36. The average Bonchev–Trinajstić information content (AvgIpc) is 3.12. The first-order chi connectivity index (χ1) is 13.4. The van der Waals surface area contributed by atoms with E-state index in [1.54, 1.807) is 0 Å². The SMILES string of the molecule is [C+]1=CC2=C(C=C1)C[Si](c1ccccc1)(c1ccccc1)C2c1ccccc1. The van der Waals surface area contributed by atoms with Crippen molar-refractivity contribution in [2.75, 3.05) is 0 Å². The highest BCUT2D eigenvalue weighted by Gasteiger charge is 2.55. The Morgan fingerprint density at radius 2 is 1.26 bits per heavy atom. The summed E-state index contributed by atoms with van der Waals surface area (Å²) in [5, 5.41) is 3.03. The summed E-state index contributed by atoms with van der Waals surface area (Å²) in [6, 6.07) is 34.7. The second-order valence-electron chi connectivity index (χ2n) is 7.35. The van der Waals surface area contributed by atoms with Gasteiger partial charge in [0.1, 0.15) is 12.2 Å². The zero-order valence-electron chi connectivity index (χ0n) is 15.2. The Hall–Kier alpha value is -2.99. The van der Waals surface area contributed by atoms with Gasteiger partial charge in [-0.2, -0.15) is 0 Å². The highest BCUT2D eigenvalue weighted by atomic mass is 28.3. The lowest BCUT2D eigenvalue weighted by Crippen LogP contribution is -2.61. The van der Waals surface area contributed by atoms with Gasteiger partial charge in [-0.15, -0.1) is 0 Å². The van der Waals surface area contributed by atoms with E-state index in [4.69, 9.17) is 0 Å². The molecule has 3 aromatic carbocycles. The van der Waals surface area contributed by atoms with Crippen LogP contribution in [0.1, 0.15) is 11.1 Å². The minimum atomic E-state index is -2.08. The predicted octanol–water partition coefficient (Wildman–Crippen LogP) is 4.81. The molecule has 1 atom stereocenters. The summed E-state index contributed by atoms with van der Waals surface area (Å²) in [6.07, 6.45) is 9.94. The Balaban J connectivity index is 1.82. The second-order valence-corrected chi connectivity index (χ2v) is 11.4. The van der Waals surface area contributed by atoms with E-state index < -0.39 is 8.07 Å². The van der Waals surface area contributed by atoms with Crippen LogP contribution in [-0.2, 0) is 0 Å². The minimum absolute atomic E-state index is 0.413. The standard InChI is InChI=1S/C26H21Si/c1-4-12-21(13-5-1)26-25-19-11-10-14-22(25)20-27(26,23-15-6-2-7-16-23)24-17-8-3-9-18-24/h1-10,12-19,26H,20H2/q+1. The van der Waals surface area contributed by atoms with Gasteiger partial charge in [-0.3, -0.25) is 0 Å². The van der Waals surface area contributed by atoms with Crippen LogP contribution < -0.4 is 10.4 Å². The zero-order chi connectivity index (χ0) is 18.1. The molecule has 128 valence electrons. The fraction of sp³-hybridized carbons (Fsp3) is 0.0769. The first-order valence-electron chi connectivity index (χ1n) is 9.54. The molecule has 0 radical (unpaired) electrons. The molecule has 1 aliphatic heterocycles. The Morgan fingerprint density at radius 1 is 0.704 bits per heavy atom. The van der Waals surface area contributed by atoms with E-state index in [1.807, 2.05) is 0 Å².